The Morgan fingerprint density at radius 1 is 0.846 bits per heavy atom. The fraction of sp³-hybridized carbons (Fsp3) is 1.00. The van der Waals surface area contributed by atoms with Gasteiger partial charge >= 0.3 is 0 Å². The fourth-order valence-electron chi connectivity index (χ4n) is 10.9. The van der Waals surface area contributed by atoms with Crippen LogP contribution in [0, 0.1) is 52.3 Å². The van der Waals surface area contributed by atoms with Gasteiger partial charge in [-0.25, -0.2) is 0 Å². The van der Waals surface area contributed by atoms with Crippen LogP contribution >= 0.6 is 0 Å². The molecule has 6 rings (SSSR count). The number of aliphatic hydroxyl groups is 2. The van der Waals surface area contributed by atoms with E-state index in [0.717, 1.165) is 45.1 Å². The van der Waals surface area contributed by atoms with Gasteiger partial charge < -0.3 is 24.1 Å². The van der Waals surface area contributed by atoms with E-state index in [1.165, 1.54) is 12.8 Å². The van der Waals surface area contributed by atoms with E-state index < -0.39 is 26.3 Å². The first-order valence-electron chi connectivity index (χ1n) is 16.4. The standard InChI is InChI=1S/C33H58O5Si/c1-19-10-15-33(36-18-19)20(2)27-25(37-33)17-23-26-22(12-14-32(23,27)7)31(6)13-11-21(16-24(31)28(34)29(26)35)38-39(8,9)30(3,4)5/h19-29,34-35H,10-18H2,1-9H3/t19?,20-,21?,22-,23-,24+,25-,26+,27-,28+,29+,31+,32-,33+/m0/s1. The summed E-state index contributed by atoms with van der Waals surface area (Å²) in [6, 6.07) is 0. The van der Waals surface area contributed by atoms with Gasteiger partial charge in [-0.2, -0.15) is 0 Å². The summed E-state index contributed by atoms with van der Waals surface area (Å²) in [5, 5.41) is 23.9. The van der Waals surface area contributed by atoms with Crippen molar-refractivity contribution in [3.8, 4) is 0 Å². The molecule has 6 heteroatoms. The minimum absolute atomic E-state index is 0.0615. The van der Waals surface area contributed by atoms with E-state index in [1.807, 2.05) is 0 Å². The Morgan fingerprint density at radius 2 is 1.54 bits per heavy atom. The van der Waals surface area contributed by atoms with E-state index in [1.54, 1.807) is 0 Å². The third-order valence-electron chi connectivity index (χ3n) is 14.2. The smallest absolute Gasteiger partial charge is 0.192 e. The number of aliphatic hydroxyl groups excluding tert-OH is 2. The molecular formula is C33H58O5Si. The largest absolute Gasteiger partial charge is 0.414 e. The van der Waals surface area contributed by atoms with Crippen LogP contribution in [0.1, 0.15) is 99.8 Å². The van der Waals surface area contributed by atoms with Crippen molar-refractivity contribution in [3.05, 3.63) is 0 Å². The second-order valence-corrected chi connectivity index (χ2v) is 21.9. The molecule has 4 saturated carbocycles. The molecule has 0 amide bonds. The highest BCUT2D eigenvalue weighted by molar-refractivity contribution is 6.74. The zero-order valence-electron chi connectivity index (χ0n) is 26.3. The molecule has 2 N–H and O–H groups in total. The summed E-state index contributed by atoms with van der Waals surface area (Å²) in [6.45, 7) is 22.0. The molecule has 0 bridgehead atoms. The molecule has 6 aliphatic rings. The second kappa shape index (κ2) is 9.26. The molecule has 0 aromatic heterocycles. The van der Waals surface area contributed by atoms with Crippen LogP contribution in [0.5, 0.6) is 0 Å². The van der Waals surface area contributed by atoms with Gasteiger partial charge in [0.1, 0.15) is 0 Å². The Hall–Kier alpha value is 0.0169. The highest BCUT2D eigenvalue weighted by atomic mass is 28.4. The molecule has 1 spiro atoms. The minimum Gasteiger partial charge on any atom is -0.414 e. The van der Waals surface area contributed by atoms with Crippen molar-refractivity contribution < 1.29 is 24.1 Å². The Bertz CT molecular complexity index is 939. The molecule has 2 unspecified atom stereocenters. The lowest BCUT2D eigenvalue weighted by Gasteiger charge is -2.64. The van der Waals surface area contributed by atoms with Gasteiger partial charge in [0.2, 0.25) is 0 Å². The van der Waals surface area contributed by atoms with Crippen molar-refractivity contribution in [2.45, 2.75) is 148 Å². The van der Waals surface area contributed by atoms with Crippen LogP contribution < -0.4 is 0 Å². The molecule has 2 saturated heterocycles. The van der Waals surface area contributed by atoms with Crippen LogP contribution in [-0.2, 0) is 13.9 Å². The van der Waals surface area contributed by atoms with Crippen molar-refractivity contribution in [2.24, 2.45) is 52.3 Å². The van der Waals surface area contributed by atoms with E-state index in [4.69, 9.17) is 13.9 Å². The topological polar surface area (TPSA) is 68.2 Å². The van der Waals surface area contributed by atoms with Crippen molar-refractivity contribution in [3.63, 3.8) is 0 Å². The normalized spacial score (nSPS) is 55.6. The third-order valence-corrected chi connectivity index (χ3v) is 18.8. The van der Waals surface area contributed by atoms with Gasteiger partial charge in [-0.1, -0.05) is 48.5 Å². The van der Waals surface area contributed by atoms with Gasteiger partial charge in [-0.15, -0.1) is 0 Å². The first-order chi connectivity index (χ1) is 18.0. The average Bonchev–Trinajstić information content (AvgIpc) is 3.29. The Morgan fingerprint density at radius 3 is 2.18 bits per heavy atom. The molecule has 0 aromatic rings. The molecule has 2 aliphatic heterocycles. The number of rotatable bonds is 2. The second-order valence-electron chi connectivity index (χ2n) is 17.2. The molecule has 6 fully saturated rings. The van der Waals surface area contributed by atoms with Gasteiger partial charge in [-0.3, -0.25) is 0 Å². The van der Waals surface area contributed by atoms with Gasteiger partial charge in [0.25, 0.3) is 0 Å². The lowest BCUT2D eigenvalue weighted by Crippen LogP contribution is -2.64. The summed E-state index contributed by atoms with van der Waals surface area (Å²) in [7, 11) is -1.88. The summed E-state index contributed by atoms with van der Waals surface area (Å²) in [6.07, 6.45) is 7.71. The summed E-state index contributed by atoms with van der Waals surface area (Å²) in [5.74, 6) is 2.18. The van der Waals surface area contributed by atoms with Crippen LogP contribution in [0.4, 0.5) is 0 Å². The lowest BCUT2D eigenvalue weighted by molar-refractivity contribution is -0.275. The highest BCUT2D eigenvalue weighted by Gasteiger charge is 2.71. The highest BCUT2D eigenvalue weighted by Crippen LogP contribution is 2.71. The zero-order chi connectivity index (χ0) is 28.3. The van der Waals surface area contributed by atoms with Crippen molar-refractivity contribution >= 4 is 8.32 Å². The Balaban J connectivity index is 1.23. The number of hydrogen-bond acceptors (Lipinski definition) is 5. The monoisotopic (exact) mass is 562 g/mol. The molecule has 5 nitrogen and oxygen atoms in total. The maximum absolute atomic E-state index is 11.9. The molecule has 4 aliphatic carbocycles. The Kier molecular flexibility index (Phi) is 6.91. The van der Waals surface area contributed by atoms with Gasteiger partial charge in [0.05, 0.1) is 24.9 Å². The number of hydrogen-bond donors (Lipinski definition) is 2. The fourth-order valence-corrected chi connectivity index (χ4v) is 12.3. The summed E-state index contributed by atoms with van der Waals surface area (Å²) >= 11 is 0. The Labute approximate surface area is 239 Å². The first-order valence-corrected chi connectivity index (χ1v) is 19.3. The first kappa shape index (κ1) is 29.1. The van der Waals surface area contributed by atoms with Crippen molar-refractivity contribution in [2.75, 3.05) is 6.61 Å². The van der Waals surface area contributed by atoms with E-state index in [0.29, 0.717) is 29.6 Å². The lowest BCUT2D eigenvalue weighted by atomic mass is 9.43. The van der Waals surface area contributed by atoms with Gasteiger partial charge in [0.15, 0.2) is 14.1 Å². The van der Waals surface area contributed by atoms with Crippen LogP contribution in [-0.4, -0.2) is 55.3 Å². The maximum atomic E-state index is 11.9. The number of ether oxygens (including phenoxy) is 2. The van der Waals surface area contributed by atoms with Crippen LogP contribution in [0.2, 0.25) is 18.1 Å². The predicted molar refractivity (Wildman–Crippen MR) is 157 cm³/mol. The summed E-state index contributed by atoms with van der Waals surface area (Å²) < 4.78 is 20.3. The quantitative estimate of drug-likeness (QED) is 0.364. The van der Waals surface area contributed by atoms with Crippen LogP contribution in [0.15, 0.2) is 0 Å². The van der Waals surface area contributed by atoms with E-state index in [2.05, 4.69) is 61.6 Å². The maximum Gasteiger partial charge on any atom is 0.192 e. The van der Waals surface area contributed by atoms with Gasteiger partial charge in [0, 0.05) is 18.4 Å². The summed E-state index contributed by atoms with van der Waals surface area (Å²) in [4.78, 5) is 0. The van der Waals surface area contributed by atoms with E-state index in [-0.39, 0.29) is 39.9 Å². The average molecular weight is 563 g/mol. The van der Waals surface area contributed by atoms with E-state index >= 15 is 0 Å². The third kappa shape index (κ3) is 4.15. The van der Waals surface area contributed by atoms with Crippen LogP contribution in [0.3, 0.4) is 0 Å². The minimum atomic E-state index is -1.88. The molecule has 39 heavy (non-hydrogen) atoms. The molecule has 224 valence electrons. The molecule has 2 heterocycles. The van der Waals surface area contributed by atoms with Crippen molar-refractivity contribution in [1.82, 2.24) is 0 Å². The van der Waals surface area contributed by atoms with E-state index in [9.17, 15) is 10.2 Å². The number of fused-ring (bicyclic) bond motifs is 7. The van der Waals surface area contributed by atoms with Gasteiger partial charge in [-0.05, 0) is 109 Å². The zero-order valence-corrected chi connectivity index (χ0v) is 27.3. The van der Waals surface area contributed by atoms with Crippen LogP contribution in [0.25, 0.3) is 0 Å². The molecule has 0 aromatic carbocycles. The summed E-state index contributed by atoms with van der Waals surface area (Å²) in [5.41, 5.74) is 0.194. The van der Waals surface area contributed by atoms with Crippen molar-refractivity contribution in [1.29, 1.82) is 0 Å². The predicted octanol–water partition coefficient (Wildman–Crippen LogP) is 6.76. The molecular weight excluding hydrogens is 504 g/mol. The molecule has 14 atom stereocenters. The molecule has 0 radical (unpaired) electrons. The SMILES string of the molecule is CC1CC[C@@]2(OC1)O[C@H]1C[C@H]3[C@@H]4[C@@H](O)[C@H](O)[C@H]5CC(O[Si](C)(C)C(C)(C)C)CC[C@]5(C)[C@H]4CC[C@]3(C)[C@H]1[C@@H]2C.